The van der Waals surface area contributed by atoms with Gasteiger partial charge in [-0.1, -0.05) is 13.0 Å². The first-order chi connectivity index (χ1) is 17.4. The van der Waals surface area contributed by atoms with Crippen LogP contribution < -0.4 is 20.7 Å². The molecule has 2 unspecified atom stereocenters. The molecule has 8 nitrogen and oxygen atoms in total. The highest BCUT2D eigenvalue weighted by atomic mass is 16.5. The fraction of sp³-hybridized carbons (Fsp3) is 0.464. The molecule has 192 valence electrons. The van der Waals surface area contributed by atoms with Crippen molar-refractivity contribution in [1.29, 1.82) is 0 Å². The second kappa shape index (κ2) is 11.1. The molecule has 36 heavy (non-hydrogen) atoms. The first kappa shape index (κ1) is 25.7. The minimum atomic E-state index is -0.0586. The van der Waals surface area contributed by atoms with E-state index in [0.717, 1.165) is 40.7 Å². The highest BCUT2D eigenvalue weighted by Gasteiger charge is 2.35. The summed E-state index contributed by atoms with van der Waals surface area (Å²) in [6.45, 7) is 10.7. The normalized spacial score (nSPS) is 17.4. The highest BCUT2D eigenvalue weighted by Crippen LogP contribution is 2.28. The molecule has 1 aliphatic rings. The molecular weight excluding hydrogens is 452 g/mol. The molecule has 0 spiro atoms. The second-order valence-corrected chi connectivity index (χ2v) is 9.39. The summed E-state index contributed by atoms with van der Waals surface area (Å²) >= 11 is 0. The maximum atomic E-state index is 13.8. The van der Waals surface area contributed by atoms with Gasteiger partial charge in [0.15, 0.2) is 0 Å². The van der Waals surface area contributed by atoms with E-state index in [2.05, 4.69) is 45.2 Å². The Morgan fingerprint density at radius 2 is 1.94 bits per heavy atom. The lowest BCUT2D eigenvalue weighted by molar-refractivity contribution is 0.0719. The summed E-state index contributed by atoms with van der Waals surface area (Å²) in [5, 5.41) is 3.56. The number of rotatable bonds is 9. The number of benzene rings is 1. The molecule has 1 fully saturated rings. The summed E-state index contributed by atoms with van der Waals surface area (Å²) in [7, 11) is 4.05. The lowest BCUT2D eigenvalue weighted by atomic mass is 10.1. The van der Waals surface area contributed by atoms with E-state index in [1.807, 2.05) is 53.1 Å². The Balaban J connectivity index is 1.71. The first-order valence-electron chi connectivity index (χ1n) is 12.8. The van der Waals surface area contributed by atoms with Crippen molar-refractivity contribution < 1.29 is 4.74 Å². The van der Waals surface area contributed by atoms with Gasteiger partial charge in [0.2, 0.25) is 0 Å². The van der Waals surface area contributed by atoms with E-state index < -0.39 is 0 Å². The molecule has 1 N–H and O–H groups in total. The average molecular weight is 491 g/mol. The lowest BCUT2D eigenvalue weighted by Crippen LogP contribution is -2.38. The van der Waals surface area contributed by atoms with Crippen LogP contribution in [0, 0.1) is 6.92 Å². The zero-order valence-electron chi connectivity index (χ0n) is 22.3. The molecule has 0 saturated carbocycles. The Labute approximate surface area is 213 Å². The number of hydrogen-bond acceptors (Lipinski definition) is 7. The van der Waals surface area contributed by atoms with Gasteiger partial charge in [-0.25, -0.2) is 9.97 Å². The zero-order chi connectivity index (χ0) is 25.8. The van der Waals surface area contributed by atoms with Crippen molar-refractivity contribution in [2.45, 2.75) is 52.8 Å². The van der Waals surface area contributed by atoms with Crippen molar-refractivity contribution in [3.63, 3.8) is 0 Å². The van der Waals surface area contributed by atoms with Crippen LogP contribution in [0.15, 0.2) is 47.4 Å². The predicted octanol–water partition coefficient (Wildman–Crippen LogP) is 3.97. The van der Waals surface area contributed by atoms with Crippen molar-refractivity contribution in [2.75, 3.05) is 48.9 Å². The SMILES string of the molecule is CCOC1CN(c2ccccn2)CC1Nc1c(CC)nc(-c2ccc(N(C)C)cc2C)n(CC)c1=O. The fourth-order valence-electron chi connectivity index (χ4n) is 4.88. The first-order valence-corrected chi connectivity index (χ1v) is 12.8. The standard InChI is InChI=1S/C28H38N6O2/c1-7-22-26(30-23-17-33(18-24(23)36-9-3)25-12-10-11-15-29-25)28(35)34(8-2)27(31-22)21-14-13-20(32(5)6)16-19(21)4/h10-16,23-24,30H,7-9,17-18H2,1-6H3. The number of nitrogens with one attached hydrogen (secondary N) is 1. The Kier molecular flexibility index (Phi) is 7.94. The number of aromatic nitrogens is 3. The van der Waals surface area contributed by atoms with E-state index in [4.69, 9.17) is 9.72 Å². The van der Waals surface area contributed by atoms with Crippen LogP contribution in [0.3, 0.4) is 0 Å². The summed E-state index contributed by atoms with van der Waals surface area (Å²) < 4.78 is 7.86. The topological polar surface area (TPSA) is 75.5 Å². The molecule has 4 rings (SSSR count). The molecule has 1 aliphatic heterocycles. The van der Waals surface area contributed by atoms with Crippen molar-refractivity contribution in [1.82, 2.24) is 14.5 Å². The summed E-state index contributed by atoms with van der Waals surface area (Å²) in [6, 6.07) is 12.1. The van der Waals surface area contributed by atoms with Crippen LogP contribution >= 0.6 is 0 Å². The Hall–Kier alpha value is -3.39. The van der Waals surface area contributed by atoms with Gasteiger partial charge in [-0.05, 0) is 63.1 Å². The molecular formula is C28H38N6O2. The molecule has 0 bridgehead atoms. The summed E-state index contributed by atoms with van der Waals surface area (Å²) in [6.07, 6.45) is 2.40. The lowest BCUT2D eigenvalue weighted by Gasteiger charge is -2.23. The molecule has 2 atom stereocenters. The van der Waals surface area contributed by atoms with Crippen LogP contribution in [0.25, 0.3) is 11.4 Å². The molecule has 1 saturated heterocycles. The van der Waals surface area contributed by atoms with Gasteiger partial charge in [0.1, 0.15) is 17.3 Å². The van der Waals surface area contributed by atoms with Crippen molar-refractivity contribution in [3.8, 4) is 11.4 Å². The van der Waals surface area contributed by atoms with Crippen molar-refractivity contribution in [2.24, 2.45) is 0 Å². The van der Waals surface area contributed by atoms with Gasteiger partial charge in [-0.2, -0.15) is 0 Å². The quantitative estimate of drug-likeness (QED) is 0.486. The number of anilines is 3. The van der Waals surface area contributed by atoms with Crippen LogP contribution in [0.4, 0.5) is 17.2 Å². The third-order valence-electron chi connectivity index (χ3n) is 6.81. The van der Waals surface area contributed by atoms with Crippen LogP contribution in [0.5, 0.6) is 0 Å². The van der Waals surface area contributed by atoms with E-state index >= 15 is 0 Å². The number of aryl methyl sites for hydroxylation is 2. The van der Waals surface area contributed by atoms with Crippen LogP contribution in [-0.2, 0) is 17.7 Å². The van der Waals surface area contributed by atoms with Crippen molar-refractivity contribution >= 4 is 17.2 Å². The Morgan fingerprint density at radius 3 is 2.56 bits per heavy atom. The predicted molar refractivity (Wildman–Crippen MR) is 147 cm³/mol. The monoisotopic (exact) mass is 490 g/mol. The van der Waals surface area contributed by atoms with E-state index in [9.17, 15) is 4.79 Å². The van der Waals surface area contributed by atoms with Gasteiger partial charge in [-0.3, -0.25) is 9.36 Å². The van der Waals surface area contributed by atoms with Gasteiger partial charge in [0.25, 0.3) is 5.56 Å². The third kappa shape index (κ3) is 5.09. The minimum absolute atomic E-state index is 0.0398. The van der Waals surface area contributed by atoms with Gasteiger partial charge < -0.3 is 19.9 Å². The molecule has 3 heterocycles. The third-order valence-corrected chi connectivity index (χ3v) is 6.81. The van der Waals surface area contributed by atoms with Crippen LogP contribution in [-0.4, -0.2) is 60.5 Å². The molecule has 0 aliphatic carbocycles. The molecule has 0 amide bonds. The van der Waals surface area contributed by atoms with Crippen LogP contribution in [0.2, 0.25) is 0 Å². The summed E-state index contributed by atoms with van der Waals surface area (Å²) in [4.78, 5) is 27.7. The smallest absolute Gasteiger partial charge is 0.277 e. The maximum absolute atomic E-state index is 13.8. The number of ether oxygens (including phenoxy) is 1. The Bertz CT molecular complexity index is 1240. The maximum Gasteiger partial charge on any atom is 0.277 e. The molecule has 2 aromatic heterocycles. The molecule has 0 radical (unpaired) electrons. The zero-order valence-corrected chi connectivity index (χ0v) is 22.3. The van der Waals surface area contributed by atoms with Crippen molar-refractivity contribution in [3.05, 3.63) is 64.2 Å². The van der Waals surface area contributed by atoms with E-state index in [1.165, 1.54) is 0 Å². The van der Waals surface area contributed by atoms with E-state index in [-0.39, 0.29) is 17.7 Å². The number of nitrogens with zero attached hydrogens (tertiary/aromatic N) is 5. The highest BCUT2D eigenvalue weighted by molar-refractivity contribution is 5.67. The fourth-order valence-corrected chi connectivity index (χ4v) is 4.88. The van der Waals surface area contributed by atoms with Gasteiger partial charge in [0.05, 0.1) is 17.8 Å². The molecule has 1 aromatic carbocycles. The minimum Gasteiger partial charge on any atom is -0.378 e. The molecule has 8 heteroatoms. The largest absolute Gasteiger partial charge is 0.378 e. The second-order valence-electron chi connectivity index (χ2n) is 9.39. The van der Waals surface area contributed by atoms with E-state index in [1.54, 1.807) is 10.8 Å². The van der Waals surface area contributed by atoms with Crippen LogP contribution in [0.1, 0.15) is 32.0 Å². The summed E-state index contributed by atoms with van der Waals surface area (Å²) in [5.74, 6) is 1.63. The average Bonchev–Trinajstić information content (AvgIpc) is 3.28. The van der Waals surface area contributed by atoms with Gasteiger partial charge in [-0.15, -0.1) is 0 Å². The van der Waals surface area contributed by atoms with E-state index in [0.29, 0.717) is 31.8 Å². The number of hydrogen-bond donors (Lipinski definition) is 1. The molecule has 3 aromatic rings. The Morgan fingerprint density at radius 1 is 1.14 bits per heavy atom. The number of pyridine rings is 1. The summed E-state index contributed by atoms with van der Waals surface area (Å²) in [5.41, 5.74) is 4.51. The van der Waals surface area contributed by atoms with Gasteiger partial charge >= 0.3 is 0 Å². The van der Waals surface area contributed by atoms with Gasteiger partial charge in [0, 0.05) is 57.8 Å².